The van der Waals surface area contributed by atoms with Crippen LogP contribution in [0, 0.1) is 35.0 Å². The second-order valence-electron chi connectivity index (χ2n) is 6.05. The molecule has 4 fully saturated rings. The van der Waals surface area contributed by atoms with Gasteiger partial charge in [0.2, 0.25) is 0 Å². The molecule has 2 heteroatoms. The molecule has 76 valence electrons. The first kappa shape index (κ1) is 7.86. The van der Waals surface area contributed by atoms with Gasteiger partial charge in [0.15, 0.2) is 0 Å². The molecule has 0 saturated heterocycles. The molecule has 4 saturated carbocycles. The van der Waals surface area contributed by atoms with Crippen LogP contribution in [0.4, 0.5) is 0 Å². The summed E-state index contributed by atoms with van der Waals surface area (Å²) in [5, 5.41) is 10.1. The molecule has 2 nitrogen and oxygen atoms in total. The number of aldehydes is 1. The number of fused-ring (bicyclic) bond motifs is 1. The van der Waals surface area contributed by atoms with Crippen molar-refractivity contribution in [2.45, 2.75) is 31.8 Å². The molecule has 0 amide bonds. The monoisotopic (exact) mass is 192 g/mol. The Labute approximate surface area is 83.7 Å². The van der Waals surface area contributed by atoms with Crippen LogP contribution in [-0.4, -0.2) is 17.5 Å². The van der Waals surface area contributed by atoms with E-state index in [1.807, 2.05) is 0 Å². The van der Waals surface area contributed by atoms with E-state index in [1.165, 1.54) is 25.7 Å². The van der Waals surface area contributed by atoms with E-state index in [4.69, 9.17) is 0 Å². The summed E-state index contributed by atoms with van der Waals surface area (Å²) in [5.74, 6) is 2.78. The number of rotatable bonds is 1. The van der Waals surface area contributed by atoms with Crippen LogP contribution < -0.4 is 0 Å². The maximum Gasteiger partial charge on any atom is 0.125 e. The minimum Gasteiger partial charge on any atom is -0.392 e. The van der Waals surface area contributed by atoms with Crippen LogP contribution in [0.3, 0.4) is 0 Å². The summed E-state index contributed by atoms with van der Waals surface area (Å²) in [7, 11) is 0. The van der Waals surface area contributed by atoms with Crippen LogP contribution in [0.5, 0.6) is 0 Å². The molecule has 4 aliphatic rings. The summed E-state index contributed by atoms with van der Waals surface area (Å²) in [6.07, 6.45) is 5.75. The fourth-order valence-corrected chi connectivity index (χ4v) is 5.11. The lowest BCUT2D eigenvalue weighted by molar-refractivity contribution is -0.117. The second kappa shape index (κ2) is 2.08. The lowest BCUT2D eigenvalue weighted by Crippen LogP contribution is -2.39. The third-order valence-corrected chi connectivity index (χ3v) is 5.79. The summed E-state index contributed by atoms with van der Waals surface area (Å²) in [6, 6.07) is 0. The van der Waals surface area contributed by atoms with Gasteiger partial charge in [0.1, 0.15) is 6.29 Å². The van der Waals surface area contributed by atoms with Crippen molar-refractivity contribution < 1.29 is 9.90 Å². The number of aliphatic hydroxyl groups excluding tert-OH is 1. The van der Waals surface area contributed by atoms with E-state index in [0.29, 0.717) is 17.3 Å². The van der Waals surface area contributed by atoms with Gasteiger partial charge in [-0.15, -0.1) is 0 Å². The molecule has 0 aromatic heterocycles. The zero-order valence-electron chi connectivity index (χ0n) is 8.23. The predicted octanol–water partition coefficient (Wildman–Crippen LogP) is 1.23. The number of carbonyl (C=O) groups is 1. The molecule has 0 aromatic rings. The van der Waals surface area contributed by atoms with Crippen LogP contribution in [0.15, 0.2) is 0 Å². The topological polar surface area (TPSA) is 37.3 Å². The Kier molecular flexibility index (Phi) is 1.17. The van der Waals surface area contributed by atoms with E-state index in [-0.39, 0.29) is 12.0 Å². The van der Waals surface area contributed by atoms with Crippen molar-refractivity contribution in [3.63, 3.8) is 0 Å². The molecule has 4 rings (SSSR count). The fraction of sp³-hybridized carbons (Fsp3) is 0.917. The average molecular weight is 192 g/mol. The number of hydrogen-bond acceptors (Lipinski definition) is 2. The van der Waals surface area contributed by atoms with Crippen molar-refractivity contribution in [3.8, 4) is 0 Å². The van der Waals surface area contributed by atoms with Crippen molar-refractivity contribution in [1.82, 2.24) is 0 Å². The fourth-order valence-electron chi connectivity index (χ4n) is 5.11. The molecule has 4 aliphatic carbocycles. The Balaban J connectivity index is 1.77. The van der Waals surface area contributed by atoms with E-state index in [0.717, 1.165) is 18.1 Å². The van der Waals surface area contributed by atoms with Crippen molar-refractivity contribution in [2.24, 2.45) is 35.0 Å². The SMILES string of the molecule is O=CC1C(O)C2CC3CC4(CC14)C3C2. The molecule has 1 N–H and O–H groups in total. The predicted molar refractivity (Wildman–Crippen MR) is 50.4 cm³/mol. The highest BCUT2D eigenvalue weighted by molar-refractivity contribution is 5.57. The molecular formula is C12H16O2. The molecule has 0 aromatic carbocycles. The van der Waals surface area contributed by atoms with Gasteiger partial charge in [0, 0.05) is 5.92 Å². The highest BCUT2D eigenvalue weighted by Gasteiger charge is 2.74. The summed E-state index contributed by atoms with van der Waals surface area (Å²) in [4.78, 5) is 11.0. The van der Waals surface area contributed by atoms with Gasteiger partial charge in [-0.25, -0.2) is 0 Å². The summed E-state index contributed by atoms with van der Waals surface area (Å²) in [5.41, 5.74) is 0.544. The highest BCUT2D eigenvalue weighted by Crippen LogP contribution is 2.79. The zero-order valence-corrected chi connectivity index (χ0v) is 8.23. The van der Waals surface area contributed by atoms with E-state index >= 15 is 0 Å². The minimum atomic E-state index is -0.310. The van der Waals surface area contributed by atoms with Crippen molar-refractivity contribution in [2.75, 3.05) is 0 Å². The maximum atomic E-state index is 11.0. The highest BCUT2D eigenvalue weighted by atomic mass is 16.3. The number of carbonyl (C=O) groups excluding carboxylic acids is 1. The Morgan fingerprint density at radius 3 is 2.79 bits per heavy atom. The Hall–Kier alpha value is -0.370. The second-order valence-corrected chi connectivity index (χ2v) is 6.05. The molecule has 0 radical (unpaired) electrons. The first-order valence-corrected chi connectivity index (χ1v) is 5.89. The minimum absolute atomic E-state index is 0.0220. The molecule has 2 bridgehead atoms. The van der Waals surface area contributed by atoms with E-state index in [2.05, 4.69) is 0 Å². The molecule has 7 atom stereocenters. The van der Waals surface area contributed by atoms with Gasteiger partial charge in [-0.1, -0.05) is 0 Å². The van der Waals surface area contributed by atoms with Crippen molar-refractivity contribution in [3.05, 3.63) is 0 Å². The van der Waals surface area contributed by atoms with Crippen LogP contribution in [0.2, 0.25) is 0 Å². The Morgan fingerprint density at radius 1 is 1.14 bits per heavy atom. The molecule has 7 unspecified atom stereocenters. The van der Waals surface area contributed by atoms with Gasteiger partial charge in [-0.2, -0.15) is 0 Å². The quantitative estimate of drug-likeness (QED) is 0.634. The molecule has 1 spiro atoms. The van der Waals surface area contributed by atoms with Crippen LogP contribution in [-0.2, 0) is 4.79 Å². The van der Waals surface area contributed by atoms with E-state index in [1.54, 1.807) is 0 Å². The van der Waals surface area contributed by atoms with Crippen molar-refractivity contribution >= 4 is 6.29 Å². The molecular weight excluding hydrogens is 176 g/mol. The van der Waals surface area contributed by atoms with Gasteiger partial charge in [-0.05, 0) is 54.8 Å². The largest absolute Gasteiger partial charge is 0.392 e. The zero-order chi connectivity index (χ0) is 9.50. The first-order chi connectivity index (χ1) is 6.76. The van der Waals surface area contributed by atoms with Crippen LogP contribution >= 0.6 is 0 Å². The maximum absolute atomic E-state index is 11.0. The van der Waals surface area contributed by atoms with Gasteiger partial charge >= 0.3 is 0 Å². The van der Waals surface area contributed by atoms with Gasteiger partial charge < -0.3 is 9.90 Å². The van der Waals surface area contributed by atoms with E-state index in [9.17, 15) is 9.90 Å². The average Bonchev–Trinajstić information content (AvgIpc) is 2.77. The first-order valence-electron chi connectivity index (χ1n) is 5.89. The van der Waals surface area contributed by atoms with Crippen molar-refractivity contribution in [1.29, 1.82) is 0 Å². The Bertz CT molecular complexity index is 311. The van der Waals surface area contributed by atoms with Gasteiger partial charge in [0.25, 0.3) is 0 Å². The number of hydrogen-bond donors (Lipinski definition) is 1. The molecule has 0 aliphatic heterocycles. The van der Waals surface area contributed by atoms with E-state index < -0.39 is 0 Å². The van der Waals surface area contributed by atoms with Gasteiger partial charge in [0.05, 0.1) is 6.10 Å². The molecule has 14 heavy (non-hydrogen) atoms. The summed E-state index contributed by atoms with van der Waals surface area (Å²) >= 11 is 0. The third-order valence-electron chi connectivity index (χ3n) is 5.79. The summed E-state index contributed by atoms with van der Waals surface area (Å²) in [6.45, 7) is 0. The molecule has 0 heterocycles. The standard InChI is InChI=1S/C12H16O2/c13-5-8-10-4-12(10)3-7-1-6(11(8)14)2-9(7)12/h5-11,14H,1-4H2. The smallest absolute Gasteiger partial charge is 0.125 e. The third kappa shape index (κ3) is 0.631. The lowest BCUT2D eigenvalue weighted by Gasteiger charge is -2.43. The van der Waals surface area contributed by atoms with Gasteiger partial charge in [-0.3, -0.25) is 0 Å². The van der Waals surface area contributed by atoms with Crippen LogP contribution in [0.25, 0.3) is 0 Å². The summed E-state index contributed by atoms with van der Waals surface area (Å²) < 4.78 is 0. The Morgan fingerprint density at radius 2 is 2.00 bits per heavy atom. The lowest BCUT2D eigenvalue weighted by atomic mass is 9.61. The van der Waals surface area contributed by atoms with Crippen LogP contribution in [0.1, 0.15) is 25.7 Å². The normalized spacial score (nSPS) is 67.8. The number of aliphatic hydroxyl groups is 1.